The van der Waals surface area contributed by atoms with E-state index in [-0.39, 0.29) is 0 Å². The zero-order valence-electron chi connectivity index (χ0n) is 12.7. The van der Waals surface area contributed by atoms with Crippen LogP contribution in [0.1, 0.15) is 31.7 Å². The number of ether oxygens (including phenoxy) is 1. The first kappa shape index (κ1) is 15.7. The van der Waals surface area contributed by atoms with Crippen LogP contribution in [0.25, 0.3) is 0 Å². The first-order chi connectivity index (χ1) is 10.1. The van der Waals surface area contributed by atoms with E-state index in [1.54, 1.807) is 11.8 Å². The Bertz CT molecular complexity index is 566. The number of hydrogen-bond donors (Lipinski definition) is 1. The molecule has 5 nitrogen and oxygen atoms in total. The number of benzene rings is 1. The topological polar surface area (TPSA) is 66.0 Å². The maximum atomic E-state index is 5.82. The zero-order valence-corrected chi connectivity index (χ0v) is 13.6. The Kier molecular flexibility index (Phi) is 5.50. The highest BCUT2D eigenvalue weighted by Crippen LogP contribution is 2.22. The van der Waals surface area contributed by atoms with Crippen molar-refractivity contribution in [1.29, 1.82) is 0 Å². The van der Waals surface area contributed by atoms with Crippen LogP contribution < -0.4 is 10.6 Å². The van der Waals surface area contributed by atoms with Gasteiger partial charge in [0.2, 0.25) is 5.16 Å². The van der Waals surface area contributed by atoms with E-state index in [0.717, 1.165) is 29.7 Å². The summed E-state index contributed by atoms with van der Waals surface area (Å²) in [6.07, 6.45) is 1.07. The molecule has 0 unspecified atom stereocenters. The van der Waals surface area contributed by atoms with Gasteiger partial charge in [0.1, 0.15) is 11.6 Å². The van der Waals surface area contributed by atoms with Gasteiger partial charge in [0.15, 0.2) is 0 Å². The van der Waals surface area contributed by atoms with Crippen LogP contribution in [-0.4, -0.2) is 21.5 Å². The van der Waals surface area contributed by atoms with Crippen LogP contribution in [0.4, 0.5) is 0 Å². The number of aryl methyl sites for hydroxylation is 1. The van der Waals surface area contributed by atoms with E-state index in [9.17, 15) is 0 Å². The second-order valence-corrected chi connectivity index (χ2v) is 6.31. The Morgan fingerprint density at radius 2 is 1.95 bits per heavy atom. The minimum Gasteiger partial charge on any atom is -0.494 e. The summed E-state index contributed by atoms with van der Waals surface area (Å²) in [6, 6.07) is 8.16. The molecule has 0 amide bonds. The summed E-state index contributed by atoms with van der Waals surface area (Å²) in [5.41, 5.74) is 1.21. The quantitative estimate of drug-likeness (QED) is 0.629. The molecule has 1 aromatic heterocycles. The highest BCUT2D eigenvalue weighted by molar-refractivity contribution is 7.98. The summed E-state index contributed by atoms with van der Waals surface area (Å²) in [7, 11) is 0. The van der Waals surface area contributed by atoms with Gasteiger partial charge in [-0.2, -0.15) is 0 Å². The lowest BCUT2D eigenvalue weighted by atomic mass is 10.1. The average molecular weight is 306 g/mol. The monoisotopic (exact) mass is 306 g/mol. The Hall–Kier alpha value is -1.69. The number of rotatable bonds is 7. The lowest BCUT2D eigenvalue weighted by molar-refractivity contribution is 0.289. The third-order valence-corrected chi connectivity index (χ3v) is 4.10. The fraction of sp³-hybridized carbons (Fsp3) is 0.467. The van der Waals surface area contributed by atoms with Gasteiger partial charge in [-0.05, 0) is 37.0 Å². The summed E-state index contributed by atoms with van der Waals surface area (Å²) in [4.78, 5) is 0. The summed E-state index contributed by atoms with van der Waals surface area (Å²) in [5.74, 6) is 8.93. The molecule has 114 valence electrons. The molecule has 0 aliphatic heterocycles. The smallest absolute Gasteiger partial charge is 0.210 e. The Labute approximate surface area is 129 Å². The number of hydrogen-bond acceptors (Lipinski definition) is 5. The second kappa shape index (κ2) is 7.36. The van der Waals surface area contributed by atoms with Crippen molar-refractivity contribution in [3.63, 3.8) is 0 Å². The van der Waals surface area contributed by atoms with Gasteiger partial charge in [-0.25, -0.2) is 4.68 Å². The SMILES string of the molecule is Cc1nnc(SCc2ccc(OCCC(C)C)cc2)n1N. The average Bonchev–Trinajstić information content (AvgIpc) is 2.78. The molecule has 1 heterocycles. The number of thioether (sulfide) groups is 1. The minimum atomic E-state index is 0.665. The highest BCUT2D eigenvalue weighted by Gasteiger charge is 2.06. The van der Waals surface area contributed by atoms with Crippen LogP contribution >= 0.6 is 11.8 Å². The van der Waals surface area contributed by atoms with Crippen molar-refractivity contribution < 1.29 is 4.74 Å². The lowest BCUT2D eigenvalue weighted by Crippen LogP contribution is -2.11. The van der Waals surface area contributed by atoms with Gasteiger partial charge in [0, 0.05) is 5.75 Å². The molecule has 1 aromatic carbocycles. The maximum absolute atomic E-state index is 5.82. The van der Waals surface area contributed by atoms with E-state index in [2.05, 4.69) is 36.2 Å². The third kappa shape index (κ3) is 4.67. The summed E-state index contributed by atoms with van der Waals surface area (Å²) < 4.78 is 7.21. The summed E-state index contributed by atoms with van der Waals surface area (Å²) >= 11 is 1.57. The first-order valence-electron chi connectivity index (χ1n) is 7.08. The maximum Gasteiger partial charge on any atom is 0.210 e. The Balaban J connectivity index is 1.83. The molecule has 2 N–H and O–H groups in total. The molecule has 0 spiro atoms. The van der Waals surface area contributed by atoms with Crippen LogP contribution in [0, 0.1) is 12.8 Å². The van der Waals surface area contributed by atoms with E-state index in [1.165, 1.54) is 10.2 Å². The molecular weight excluding hydrogens is 284 g/mol. The van der Waals surface area contributed by atoms with Gasteiger partial charge >= 0.3 is 0 Å². The molecule has 2 rings (SSSR count). The van der Waals surface area contributed by atoms with Gasteiger partial charge in [-0.3, -0.25) is 0 Å². The highest BCUT2D eigenvalue weighted by atomic mass is 32.2. The minimum absolute atomic E-state index is 0.665. The molecule has 0 atom stereocenters. The van der Waals surface area contributed by atoms with Gasteiger partial charge in [0.25, 0.3) is 0 Å². The van der Waals surface area contributed by atoms with Crippen molar-refractivity contribution in [2.75, 3.05) is 12.4 Å². The van der Waals surface area contributed by atoms with Crippen LogP contribution in [-0.2, 0) is 5.75 Å². The summed E-state index contributed by atoms with van der Waals surface area (Å²) in [5, 5.41) is 8.70. The Morgan fingerprint density at radius 1 is 1.24 bits per heavy atom. The fourth-order valence-corrected chi connectivity index (χ4v) is 2.55. The van der Waals surface area contributed by atoms with Crippen molar-refractivity contribution in [1.82, 2.24) is 14.9 Å². The van der Waals surface area contributed by atoms with Crippen LogP contribution in [0.2, 0.25) is 0 Å². The molecule has 0 saturated heterocycles. The van der Waals surface area contributed by atoms with Crippen molar-refractivity contribution in [3.05, 3.63) is 35.7 Å². The van der Waals surface area contributed by atoms with E-state index < -0.39 is 0 Å². The molecule has 0 fully saturated rings. The normalized spacial score (nSPS) is 11.0. The molecule has 0 saturated carbocycles. The zero-order chi connectivity index (χ0) is 15.2. The lowest BCUT2D eigenvalue weighted by Gasteiger charge is -2.08. The number of nitrogens with zero attached hydrogens (tertiary/aromatic N) is 3. The van der Waals surface area contributed by atoms with E-state index in [4.69, 9.17) is 10.6 Å². The Morgan fingerprint density at radius 3 is 2.52 bits per heavy atom. The van der Waals surface area contributed by atoms with Crippen molar-refractivity contribution in [2.24, 2.45) is 5.92 Å². The molecular formula is C15H22N4OS. The predicted octanol–water partition coefficient (Wildman–Crippen LogP) is 3.02. The molecule has 21 heavy (non-hydrogen) atoms. The van der Waals surface area contributed by atoms with E-state index in [0.29, 0.717) is 11.7 Å². The molecule has 0 bridgehead atoms. The summed E-state index contributed by atoms with van der Waals surface area (Å²) in [6.45, 7) is 6.99. The fourth-order valence-electron chi connectivity index (χ4n) is 1.69. The van der Waals surface area contributed by atoms with E-state index in [1.807, 2.05) is 19.1 Å². The molecule has 0 radical (unpaired) electrons. The second-order valence-electron chi connectivity index (χ2n) is 5.36. The number of nitrogen functional groups attached to an aromatic ring is 1. The molecule has 6 heteroatoms. The molecule has 0 aliphatic carbocycles. The third-order valence-electron chi connectivity index (χ3n) is 3.09. The van der Waals surface area contributed by atoms with Crippen LogP contribution in [0.5, 0.6) is 5.75 Å². The van der Waals surface area contributed by atoms with E-state index >= 15 is 0 Å². The van der Waals surface area contributed by atoms with Gasteiger partial charge < -0.3 is 10.6 Å². The van der Waals surface area contributed by atoms with Crippen molar-refractivity contribution >= 4 is 11.8 Å². The van der Waals surface area contributed by atoms with Crippen LogP contribution in [0.3, 0.4) is 0 Å². The van der Waals surface area contributed by atoms with Gasteiger partial charge in [-0.15, -0.1) is 10.2 Å². The largest absolute Gasteiger partial charge is 0.494 e. The molecule has 2 aromatic rings. The van der Waals surface area contributed by atoms with Gasteiger partial charge in [0.05, 0.1) is 6.61 Å². The molecule has 0 aliphatic rings. The predicted molar refractivity (Wildman–Crippen MR) is 85.9 cm³/mol. The number of aromatic nitrogens is 3. The van der Waals surface area contributed by atoms with Crippen molar-refractivity contribution in [3.8, 4) is 5.75 Å². The van der Waals surface area contributed by atoms with Gasteiger partial charge in [-0.1, -0.05) is 37.7 Å². The van der Waals surface area contributed by atoms with Crippen molar-refractivity contribution in [2.45, 2.75) is 38.1 Å². The first-order valence-corrected chi connectivity index (χ1v) is 8.06. The standard InChI is InChI=1S/C15H22N4OS/c1-11(2)8-9-20-14-6-4-13(5-7-14)10-21-15-18-17-12(3)19(15)16/h4-7,11H,8-10,16H2,1-3H3. The van der Waals surface area contributed by atoms with Crippen LogP contribution in [0.15, 0.2) is 29.4 Å². The number of nitrogens with two attached hydrogens (primary N) is 1.